The van der Waals surface area contributed by atoms with E-state index in [1.165, 1.54) is 6.07 Å². The molecule has 1 aliphatic heterocycles. The number of amides is 1. The molecule has 0 spiro atoms. The Hall–Kier alpha value is -1.90. The van der Waals surface area contributed by atoms with E-state index in [2.05, 4.69) is 11.8 Å². The van der Waals surface area contributed by atoms with E-state index < -0.39 is 0 Å². The lowest BCUT2D eigenvalue weighted by Crippen LogP contribution is -2.39. The molecule has 1 fully saturated rings. The molecule has 1 atom stereocenters. The molecule has 0 aliphatic carbocycles. The van der Waals surface area contributed by atoms with Crippen molar-refractivity contribution in [3.63, 3.8) is 0 Å². The Morgan fingerprint density at radius 3 is 3.05 bits per heavy atom. The second-order valence-electron chi connectivity index (χ2n) is 5.12. The molecule has 1 aromatic carbocycles. The smallest absolute Gasteiger partial charge is 0.234 e. The normalized spacial score (nSPS) is 18.3. The van der Waals surface area contributed by atoms with Crippen LogP contribution in [0.3, 0.4) is 0 Å². The quantitative estimate of drug-likeness (QED) is 0.813. The molecule has 1 saturated heterocycles. The number of carbonyl (C=O) groups excluding carboxylic acids is 1. The maximum absolute atomic E-state index is 13.7. The fourth-order valence-corrected chi connectivity index (χ4v) is 2.55. The number of hydrogen-bond donors (Lipinski definition) is 2. The van der Waals surface area contributed by atoms with Gasteiger partial charge in [0.15, 0.2) is 0 Å². The van der Waals surface area contributed by atoms with E-state index in [0.29, 0.717) is 18.5 Å². The van der Waals surface area contributed by atoms with Gasteiger partial charge >= 0.3 is 0 Å². The highest BCUT2D eigenvalue weighted by Gasteiger charge is 2.28. The van der Waals surface area contributed by atoms with Gasteiger partial charge in [0, 0.05) is 13.0 Å². The molecule has 112 valence electrons. The minimum Gasteiger partial charge on any atom is -0.395 e. The predicted octanol–water partition coefficient (Wildman–Crippen LogP) is 1.01. The summed E-state index contributed by atoms with van der Waals surface area (Å²) in [6.07, 6.45) is 2.04. The highest BCUT2D eigenvalue weighted by Crippen LogP contribution is 2.20. The fraction of sp³-hybridized carbons (Fsp3) is 0.438. The summed E-state index contributed by atoms with van der Waals surface area (Å²) < 4.78 is 13.7. The monoisotopic (exact) mass is 290 g/mol. The first kappa shape index (κ1) is 15.5. The van der Waals surface area contributed by atoms with E-state index in [9.17, 15) is 9.18 Å². The number of halogens is 1. The maximum Gasteiger partial charge on any atom is 0.234 e. The molecule has 0 bridgehead atoms. The van der Waals surface area contributed by atoms with Crippen molar-refractivity contribution in [3.8, 4) is 11.8 Å². The van der Waals surface area contributed by atoms with Gasteiger partial charge < -0.3 is 10.8 Å². The maximum atomic E-state index is 13.7. The number of carbonyl (C=O) groups is 1. The zero-order valence-corrected chi connectivity index (χ0v) is 11.8. The van der Waals surface area contributed by atoms with E-state index in [0.717, 1.165) is 24.9 Å². The molecule has 1 aromatic rings. The number of benzene rings is 1. The van der Waals surface area contributed by atoms with E-state index in [1.54, 1.807) is 12.1 Å². The summed E-state index contributed by atoms with van der Waals surface area (Å²) in [5.74, 6) is 4.74. The van der Waals surface area contributed by atoms with Crippen LogP contribution in [-0.2, 0) is 11.3 Å². The second kappa shape index (κ2) is 7.21. The van der Waals surface area contributed by atoms with Gasteiger partial charge in [-0.3, -0.25) is 9.69 Å². The average Bonchev–Trinajstić information content (AvgIpc) is 2.91. The molecule has 0 radical (unpaired) electrons. The molecule has 2 rings (SSSR count). The number of nitrogens with zero attached hydrogens (tertiary/aromatic N) is 1. The van der Waals surface area contributed by atoms with Gasteiger partial charge in [0.05, 0.1) is 18.2 Å². The van der Waals surface area contributed by atoms with Crippen molar-refractivity contribution in [2.24, 2.45) is 5.73 Å². The Labute approximate surface area is 123 Å². The minimum absolute atomic E-state index is 0.0393. The molecule has 4 nitrogen and oxygen atoms in total. The van der Waals surface area contributed by atoms with Crippen LogP contribution in [0.4, 0.5) is 4.39 Å². The summed E-state index contributed by atoms with van der Waals surface area (Å²) in [5, 5.41) is 8.69. The fourth-order valence-electron chi connectivity index (χ4n) is 2.55. The summed E-state index contributed by atoms with van der Waals surface area (Å²) >= 11 is 0. The van der Waals surface area contributed by atoms with E-state index >= 15 is 0 Å². The van der Waals surface area contributed by atoms with Crippen molar-refractivity contribution in [2.45, 2.75) is 31.8 Å². The number of aliphatic hydroxyl groups is 1. The number of likely N-dealkylation sites (tertiary alicyclic amines) is 1. The number of aliphatic hydroxyl groups excluding tert-OH is 1. The topological polar surface area (TPSA) is 66.6 Å². The van der Waals surface area contributed by atoms with Gasteiger partial charge in [-0.05, 0) is 37.1 Å². The SMILES string of the molecule is NC(=O)C1CCCN1Cc1ccc(F)c(C#CCCO)c1. The van der Waals surface area contributed by atoms with Crippen LogP contribution in [0, 0.1) is 17.7 Å². The number of nitrogens with two attached hydrogens (primary N) is 1. The highest BCUT2D eigenvalue weighted by atomic mass is 19.1. The summed E-state index contributed by atoms with van der Waals surface area (Å²) in [7, 11) is 0. The Morgan fingerprint density at radius 1 is 1.52 bits per heavy atom. The summed E-state index contributed by atoms with van der Waals surface area (Å²) in [6.45, 7) is 1.33. The molecule has 21 heavy (non-hydrogen) atoms. The van der Waals surface area contributed by atoms with Gasteiger partial charge in [-0.25, -0.2) is 4.39 Å². The van der Waals surface area contributed by atoms with Crippen molar-refractivity contribution < 1.29 is 14.3 Å². The Bertz CT molecular complexity index is 577. The lowest BCUT2D eigenvalue weighted by atomic mass is 10.1. The van der Waals surface area contributed by atoms with Crippen molar-refractivity contribution in [3.05, 3.63) is 35.1 Å². The van der Waals surface area contributed by atoms with Crippen LogP contribution < -0.4 is 5.73 Å². The van der Waals surface area contributed by atoms with Crippen LogP contribution in [0.25, 0.3) is 0 Å². The van der Waals surface area contributed by atoms with Gasteiger partial charge in [0.2, 0.25) is 5.91 Å². The van der Waals surface area contributed by atoms with E-state index in [-0.39, 0.29) is 24.4 Å². The predicted molar refractivity (Wildman–Crippen MR) is 77.6 cm³/mol. The third-order valence-electron chi connectivity index (χ3n) is 3.57. The number of primary amides is 1. The van der Waals surface area contributed by atoms with Crippen LogP contribution in [0.5, 0.6) is 0 Å². The molecule has 1 aliphatic rings. The van der Waals surface area contributed by atoms with Gasteiger partial charge in [-0.2, -0.15) is 0 Å². The standard InChI is InChI=1S/C16H19FN2O2/c17-14-7-6-12(10-13(14)4-1-2-9-20)11-19-8-3-5-15(19)16(18)21/h6-7,10,15,20H,2-3,5,8-9,11H2,(H2,18,21). The van der Waals surface area contributed by atoms with Crippen LogP contribution in [0.2, 0.25) is 0 Å². The van der Waals surface area contributed by atoms with Crippen molar-refractivity contribution in [1.29, 1.82) is 0 Å². The average molecular weight is 290 g/mol. The summed E-state index contributed by atoms with van der Waals surface area (Å²) in [5.41, 5.74) is 6.61. The summed E-state index contributed by atoms with van der Waals surface area (Å²) in [4.78, 5) is 13.4. The number of hydrogen-bond acceptors (Lipinski definition) is 3. The molecule has 0 aromatic heterocycles. The minimum atomic E-state index is -0.378. The molecule has 1 heterocycles. The first-order valence-electron chi connectivity index (χ1n) is 7.03. The van der Waals surface area contributed by atoms with Crippen LogP contribution in [0.1, 0.15) is 30.4 Å². The Balaban J connectivity index is 2.12. The van der Waals surface area contributed by atoms with E-state index in [4.69, 9.17) is 10.8 Å². The molecule has 1 amide bonds. The largest absolute Gasteiger partial charge is 0.395 e. The van der Waals surface area contributed by atoms with Crippen LogP contribution >= 0.6 is 0 Å². The van der Waals surface area contributed by atoms with Crippen molar-refractivity contribution in [1.82, 2.24) is 4.90 Å². The Morgan fingerprint density at radius 2 is 2.33 bits per heavy atom. The molecular weight excluding hydrogens is 271 g/mol. The van der Waals surface area contributed by atoms with Crippen molar-refractivity contribution in [2.75, 3.05) is 13.2 Å². The molecule has 5 heteroatoms. The molecule has 1 unspecified atom stereocenters. The molecular formula is C16H19FN2O2. The van der Waals surface area contributed by atoms with Crippen molar-refractivity contribution >= 4 is 5.91 Å². The van der Waals surface area contributed by atoms with Crippen LogP contribution in [0.15, 0.2) is 18.2 Å². The van der Waals surface area contributed by atoms with E-state index in [1.807, 2.05) is 4.90 Å². The highest BCUT2D eigenvalue weighted by molar-refractivity contribution is 5.80. The zero-order chi connectivity index (χ0) is 15.2. The molecule has 0 saturated carbocycles. The first-order valence-corrected chi connectivity index (χ1v) is 7.03. The lowest BCUT2D eigenvalue weighted by molar-refractivity contribution is -0.122. The number of rotatable bonds is 4. The van der Waals surface area contributed by atoms with Gasteiger partial charge in [0.25, 0.3) is 0 Å². The van der Waals surface area contributed by atoms with Crippen LogP contribution in [-0.4, -0.2) is 35.1 Å². The lowest BCUT2D eigenvalue weighted by Gasteiger charge is -2.21. The third-order valence-corrected chi connectivity index (χ3v) is 3.57. The zero-order valence-electron chi connectivity index (χ0n) is 11.8. The van der Waals surface area contributed by atoms with Gasteiger partial charge in [0.1, 0.15) is 5.82 Å². The van der Waals surface area contributed by atoms with Gasteiger partial charge in [-0.15, -0.1) is 0 Å². The summed E-state index contributed by atoms with van der Waals surface area (Å²) in [6, 6.07) is 4.53. The first-order chi connectivity index (χ1) is 10.1. The second-order valence-corrected chi connectivity index (χ2v) is 5.12. The van der Waals surface area contributed by atoms with Gasteiger partial charge in [-0.1, -0.05) is 17.9 Å². The molecule has 3 N–H and O–H groups in total. The third kappa shape index (κ3) is 4.03. The Kier molecular flexibility index (Phi) is 5.32.